The fraction of sp³-hybridized carbons (Fsp3) is 0.167. The third-order valence-corrected chi connectivity index (χ3v) is 3.76. The Kier molecular flexibility index (Phi) is 3.73. The van der Waals surface area contributed by atoms with E-state index in [4.69, 9.17) is 0 Å². The number of hydrogen-bond acceptors (Lipinski definition) is 1. The maximum absolute atomic E-state index is 12.6. The Bertz CT molecular complexity index is 746. The van der Waals surface area contributed by atoms with Crippen molar-refractivity contribution in [2.24, 2.45) is 0 Å². The summed E-state index contributed by atoms with van der Waals surface area (Å²) in [6.45, 7) is 2.08. The van der Waals surface area contributed by atoms with Crippen LogP contribution in [-0.2, 0) is 0 Å². The Balaban J connectivity index is 1.87. The van der Waals surface area contributed by atoms with Gasteiger partial charge in [-0.1, -0.05) is 43.3 Å². The Morgan fingerprint density at radius 1 is 1.10 bits per heavy atom. The van der Waals surface area contributed by atoms with Crippen LogP contribution in [0.4, 0.5) is 0 Å². The van der Waals surface area contributed by atoms with Crippen molar-refractivity contribution in [2.75, 3.05) is 0 Å². The van der Waals surface area contributed by atoms with Gasteiger partial charge in [-0.3, -0.25) is 4.79 Å². The predicted molar refractivity (Wildman–Crippen MR) is 85.2 cm³/mol. The molecular weight excluding hydrogens is 260 g/mol. The Morgan fingerprint density at radius 3 is 2.67 bits per heavy atom. The molecule has 0 aliphatic rings. The van der Waals surface area contributed by atoms with E-state index in [2.05, 4.69) is 17.2 Å². The minimum Gasteiger partial charge on any atom is -0.361 e. The van der Waals surface area contributed by atoms with E-state index in [0.717, 1.165) is 22.9 Å². The normalized spacial score (nSPS) is 12.2. The van der Waals surface area contributed by atoms with Crippen molar-refractivity contribution >= 4 is 16.8 Å². The van der Waals surface area contributed by atoms with Crippen LogP contribution in [0.5, 0.6) is 0 Å². The molecular formula is C18H18N2O. The molecule has 2 aromatic carbocycles. The minimum atomic E-state index is -0.0316. The van der Waals surface area contributed by atoms with Gasteiger partial charge in [0.05, 0.1) is 6.04 Å². The maximum atomic E-state index is 12.6. The van der Waals surface area contributed by atoms with Crippen LogP contribution in [0.1, 0.15) is 35.3 Å². The lowest BCUT2D eigenvalue weighted by Gasteiger charge is -2.17. The molecule has 3 rings (SSSR count). The number of H-pyrrole nitrogens is 1. The molecule has 2 N–H and O–H groups in total. The first-order chi connectivity index (χ1) is 10.3. The number of aromatic nitrogens is 1. The second-order valence-electron chi connectivity index (χ2n) is 5.09. The van der Waals surface area contributed by atoms with E-state index < -0.39 is 0 Å². The Hall–Kier alpha value is -2.55. The topological polar surface area (TPSA) is 44.9 Å². The molecule has 0 aliphatic heterocycles. The smallest absolute Gasteiger partial charge is 0.252 e. The minimum absolute atomic E-state index is 0.0316. The molecule has 3 heteroatoms. The lowest BCUT2D eigenvalue weighted by Crippen LogP contribution is -2.28. The van der Waals surface area contributed by atoms with E-state index in [-0.39, 0.29) is 11.9 Å². The van der Waals surface area contributed by atoms with E-state index in [1.165, 1.54) is 0 Å². The molecule has 3 aromatic rings. The standard InChI is InChI=1S/C18H18N2O/c1-2-16(13-7-4-3-5-8-13)20-18(21)15-9-6-10-17-14(15)11-12-19-17/h3-12,16,19H,2H2,1H3,(H,20,21). The van der Waals surface area contributed by atoms with Crippen LogP contribution >= 0.6 is 0 Å². The van der Waals surface area contributed by atoms with Gasteiger partial charge in [-0.25, -0.2) is 0 Å². The highest BCUT2D eigenvalue weighted by molar-refractivity contribution is 6.06. The zero-order chi connectivity index (χ0) is 14.7. The summed E-state index contributed by atoms with van der Waals surface area (Å²) in [5, 5.41) is 4.08. The number of rotatable bonds is 4. The number of carbonyl (C=O) groups excluding carboxylic acids is 1. The van der Waals surface area contributed by atoms with Crippen molar-refractivity contribution in [2.45, 2.75) is 19.4 Å². The number of fused-ring (bicyclic) bond motifs is 1. The molecule has 0 spiro atoms. The summed E-state index contributed by atoms with van der Waals surface area (Å²) in [6.07, 6.45) is 2.72. The van der Waals surface area contributed by atoms with Crippen molar-refractivity contribution in [1.29, 1.82) is 0 Å². The van der Waals surface area contributed by atoms with E-state index in [9.17, 15) is 4.79 Å². The molecule has 21 heavy (non-hydrogen) atoms. The molecule has 3 nitrogen and oxygen atoms in total. The van der Waals surface area contributed by atoms with Gasteiger partial charge in [-0.2, -0.15) is 0 Å². The highest BCUT2D eigenvalue weighted by atomic mass is 16.1. The van der Waals surface area contributed by atoms with Gasteiger partial charge in [0.1, 0.15) is 0 Å². The molecule has 0 bridgehead atoms. The first-order valence-electron chi connectivity index (χ1n) is 7.21. The first-order valence-corrected chi connectivity index (χ1v) is 7.21. The van der Waals surface area contributed by atoms with Gasteiger partial charge in [-0.15, -0.1) is 0 Å². The summed E-state index contributed by atoms with van der Waals surface area (Å²) in [5.41, 5.74) is 2.83. The molecule has 106 valence electrons. The second kappa shape index (κ2) is 5.83. The number of hydrogen-bond donors (Lipinski definition) is 2. The van der Waals surface area contributed by atoms with Crippen LogP contribution in [0.2, 0.25) is 0 Å². The monoisotopic (exact) mass is 278 g/mol. The highest BCUT2D eigenvalue weighted by Crippen LogP contribution is 2.20. The summed E-state index contributed by atoms with van der Waals surface area (Å²) in [4.78, 5) is 15.7. The van der Waals surface area contributed by atoms with E-state index in [0.29, 0.717) is 5.56 Å². The lowest BCUT2D eigenvalue weighted by molar-refractivity contribution is 0.0937. The SMILES string of the molecule is CCC(NC(=O)c1cccc2[nH]ccc12)c1ccccc1. The van der Waals surface area contributed by atoms with E-state index in [1.807, 2.05) is 60.8 Å². The second-order valence-corrected chi connectivity index (χ2v) is 5.09. The van der Waals surface area contributed by atoms with E-state index in [1.54, 1.807) is 0 Å². The van der Waals surface area contributed by atoms with Crippen molar-refractivity contribution in [3.05, 3.63) is 71.9 Å². The van der Waals surface area contributed by atoms with Gasteiger partial charge in [0.25, 0.3) is 5.91 Å². The fourth-order valence-electron chi connectivity index (χ4n) is 2.63. The molecule has 0 radical (unpaired) electrons. The molecule has 1 aromatic heterocycles. The van der Waals surface area contributed by atoms with Crippen LogP contribution in [-0.4, -0.2) is 10.9 Å². The third-order valence-electron chi connectivity index (χ3n) is 3.76. The summed E-state index contributed by atoms with van der Waals surface area (Å²) in [6, 6.07) is 17.8. The molecule has 1 heterocycles. The van der Waals surface area contributed by atoms with Gasteiger partial charge in [0.2, 0.25) is 0 Å². The number of benzene rings is 2. The van der Waals surface area contributed by atoms with Crippen LogP contribution < -0.4 is 5.32 Å². The van der Waals surface area contributed by atoms with Gasteiger partial charge in [0.15, 0.2) is 0 Å². The van der Waals surface area contributed by atoms with Crippen molar-refractivity contribution in [3.63, 3.8) is 0 Å². The summed E-state index contributed by atoms with van der Waals surface area (Å²) >= 11 is 0. The third kappa shape index (κ3) is 2.68. The van der Waals surface area contributed by atoms with Crippen LogP contribution in [0, 0.1) is 0 Å². The quantitative estimate of drug-likeness (QED) is 0.743. The molecule has 0 saturated carbocycles. The van der Waals surface area contributed by atoms with Crippen molar-refractivity contribution in [1.82, 2.24) is 10.3 Å². The highest BCUT2D eigenvalue weighted by Gasteiger charge is 2.15. The number of nitrogens with one attached hydrogen (secondary N) is 2. The van der Waals surface area contributed by atoms with Gasteiger partial charge in [-0.05, 0) is 30.2 Å². The Morgan fingerprint density at radius 2 is 1.90 bits per heavy atom. The zero-order valence-electron chi connectivity index (χ0n) is 12.0. The van der Waals surface area contributed by atoms with Gasteiger partial charge in [0, 0.05) is 22.7 Å². The average molecular weight is 278 g/mol. The van der Waals surface area contributed by atoms with Crippen molar-refractivity contribution in [3.8, 4) is 0 Å². The maximum Gasteiger partial charge on any atom is 0.252 e. The molecule has 1 atom stereocenters. The first kappa shape index (κ1) is 13.4. The van der Waals surface area contributed by atoms with Crippen LogP contribution in [0.25, 0.3) is 10.9 Å². The van der Waals surface area contributed by atoms with Crippen molar-refractivity contribution < 1.29 is 4.79 Å². The summed E-state index contributed by atoms with van der Waals surface area (Å²) < 4.78 is 0. The molecule has 0 saturated heterocycles. The summed E-state index contributed by atoms with van der Waals surface area (Å²) in [5.74, 6) is -0.0316. The van der Waals surface area contributed by atoms with Gasteiger partial charge < -0.3 is 10.3 Å². The molecule has 1 amide bonds. The van der Waals surface area contributed by atoms with Crippen LogP contribution in [0.3, 0.4) is 0 Å². The average Bonchev–Trinajstić information content (AvgIpc) is 3.01. The molecule has 0 fully saturated rings. The zero-order valence-corrected chi connectivity index (χ0v) is 12.0. The largest absolute Gasteiger partial charge is 0.361 e. The van der Waals surface area contributed by atoms with E-state index >= 15 is 0 Å². The van der Waals surface area contributed by atoms with Crippen LogP contribution in [0.15, 0.2) is 60.8 Å². The lowest BCUT2D eigenvalue weighted by atomic mass is 10.0. The van der Waals surface area contributed by atoms with Gasteiger partial charge >= 0.3 is 0 Å². The number of amides is 1. The fourth-order valence-corrected chi connectivity index (χ4v) is 2.63. The molecule has 1 unspecified atom stereocenters. The summed E-state index contributed by atoms with van der Waals surface area (Å²) in [7, 11) is 0. The molecule has 0 aliphatic carbocycles. The predicted octanol–water partition coefficient (Wildman–Crippen LogP) is 4.05. The number of carbonyl (C=O) groups is 1. The number of aromatic amines is 1. The Labute approximate surface area is 124 Å².